The van der Waals surface area contributed by atoms with Crippen molar-refractivity contribution in [3.8, 4) is 22.3 Å². The molecule has 0 radical (unpaired) electrons. The molecule has 4 atom stereocenters. The molecule has 0 fully saturated rings. The van der Waals surface area contributed by atoms with Gasteiger partial charge in [0, 0.05) is 59.9 Å². The van der Waals surface area contributed by atoms with Gasteiger partial charge in [-0.25, -0.2) is 22.0 Å². The molecule has 6 aromatic rings. The van der Waals surface area contributed by atoms with Crippen LogP contribution in [0.25, 0.3) is 22.3 Å². The van der Waals surface area contributed by atoms with Crippen molar-refractivity contribution < 1.29 is 104 Å². The number of rotatable bonds is 25. The van der Waals surface area contributed by atoms with Crippen molar-refractivity contribution in [2.75, 3.05) is 47.9 Å². The molecule has 2 amide bonds. The number of carboxylic acids is 1. The van der Waals surface area contributed by atoms with Crippen molar-refractivity contribution in [3.05, 3.63) is 183 Å². The molecular weight excluding hydrogens is 1390 g/mol. The zero-order valence-electron chi connectivity index (χ0n) is 58.1. The number of hydrogen-bond donors (Lipinski definition) is 3. The zero-order chi connectivity index (χ0) is 77.5. The number of alkyl halides is 12. The van der Waals surface area contributed by atoms with Crippen LogP contribution in [-0.4, -0.2) is 95.7 Å². The highest BCUT2D eigenvalue weighted by Gasteiger charge is 2.44. The molecule has 102 heavy (non-hydrogen) atoms. The van der Waals surface area contributed by atoms with Gasteiger partial charge in [0.15, 0.2) is 0 Å². The monoisotopic (exact) mass is 1470 g/mol. The number of nitrogens with one attached hydrogen (secondary N) is 2. The van der Waals surface area contributed by atoms with Crippen LogP contribution in [0.3, 0.4) is 0 Å². The van der Waals surface area contributed by atoms with E-state index in [0.29, 0.717) is 33.9 Å². The molecule has 14 nitrogen and oxygen atoms in total. The lowest BCUT2D eigenvalue weighted by Crippen LogP contribution is -2.41. The molecule has 31 heteroatoms. The van der Waals surface area contributed by atoms with Gasteiger partial charge in [0.25, 0.3) is 11.1 Å². The molecule has 2 aromatic heterocycles. The standard InChI is InChI=1S/C37H43F8N3O4.C34H36F9N3O4/c1-9-52-30(50)17-27(32-33(38)24(15-26(34(32)39)37(43,44)45)31-21(5)13-20(4)14-22(31)6)46-35(51)28(12-19(2)3)48-18-23(10-11-47(7)8)25(16-29(48)49)36(40,41)42;1-16(2)9-25(46-15-19(7-8-45(5)6)22(13-26(46)47)33(38,39)40)32(50)44-24(14-27(48)49)29-30(36)21(12-23(31(29)37)34(41,42)43)28-17(3)10-20(35)11-18(28)4/h13-16,18-19,27-28H,9-12,17H2,1-8H3,(H,46,51);10-13,15-16,24-25H,7-9,14H2,1-6H3,(H,44,50)(H,48,49)/t27-,28?;24-,25?/m00/s1. The summed E-state index contributed by atoms with van der Waals surface area (Å²) in [5, 5.41) is 14.0. The maximum Gasteiger partial charge on any atom is 0.419 e. The van der Waals surface area contributed by atoms with Gasteiger partial charge < -0.3 is 39.4 Å². The van der Waals surface area contributed by atoms with Crippen LogP contribution in [0.2, 0.25) is 0 Å². The molecule has 0 aliphatic heterocycles. The summed E-state index contributed by atoms with van der Waals surface area (Å²) < 4.78 is 254. The fourth-order valence-electron chi connectivity index (χ4n) is 12.1. The first kappa shape index (κ1) is 84.0. The third kappa shape index (κ3) is 21.0. The first-order chi connectivity index (χ1) is 46.9. The summed E-state index contributed by atoms with van der Waals surface area (Å²) in [6, 6.07) is -1.55. The van der Waals surface area contributed by atoms with Crippen LogP contribution in [0.4, 0.5) is 74.6 Å². The molecule has 0 bridgehead atoms. The summed E-state index contributed by atoms with van der Waals surface area (Å²) in [5.41, 5.74) is -12.5. The minimum atomic E-state index is -5.45. The van der Waals surface area contributed by atoms with Crippen molar-refractivity contribution in [1.82, 2.24) is 29.6 Å². The maximum atomic E-state index is 16.7. The van der Waals surface area contributed by atoms with E-state index in [9.17, 15) is 90.9 Å². The number of nitrogens with zero attached hydrogens (tertiary/aromatic N) is 4. The van der Waals surface area contributed by atoms with Crippen molar-refractivity contribution in [3.63, 3.8) is 0 Å². The fraction of sp³-hybridized carbons (Fsp3) is 0.465. The van der Waals surface area contributed by atoms with E-state index in [-0.39, 0.29) is 90.7 Å². The third-order valence-corrected chi connectivity index (χ3v) is 16.4. The Morgan fingerprint density at radius 2 is 0.833 bits per heavy atom. The quantitative estimate of drug-likeness (QED) is 0.0370. The normalized spacial score (nSPS) is 13.5. The number of aromatic nitrogens is 2. The van der Waals surface area contributed by atoms with Crippen LogP contribution in [0.15, 0.2) is 70.5 Å². The molecule has 0 saturated carbocycles. The van der Waals surface area contributed by atoms with Gasteiger partial charge in [-0.2, -0.15) is 52.7 Å². The fourth-order valence-corrected chi connectivity index (χ4v) is 12.1. The van der Waals surface area contributed by atoms with E-state index in [1.165, 1.54) is 34.6 Å². The van der Waals surface area contributed by atoms with Gasteiger partial charge in [0.1, 0.15) is 41.2 Å². The Morgan fingerprint density at radius 3 is 1.14 bits per heavy atom. The Labute approximate surface area is 576 Å². The Morgan fingerprint density at radius 1 is 0.500 bits per heavy atom. The average molecular weight is 1470 g/mol. The highest BCUT2D eigenvalue weighted by atomic mass is 19.4. The van der Waals surface area contributed by atoms with Gasteiger partial charge in [-0.1, -0.05) is 45.4 Å². The average Bonchev–Trinajstić information content (AvgIpc) is 0.761. The smallest absolute Gasteiger partial charge is 0.419 e. The van der Waals surface area contributed by atoms with E-state index in [1.54, 1.807) is 84.7 Å². The molecule has 4 aromatic carbocycles. The summed E-state index contributed by atoms with van der Waals surface area (Å²) in [6.45, 7) is 15.2. The molecule has 0 aliphatic carbocycles. The lowest BCUT2D eigenvalue weighted by atomic mass is 9.88. The predicted molar refractivity (Wildman–Crippen MR) is 345 cm³/mol. The molecule has 2 unspecified atom stereocenters. The lowest BCUT2D eigenvalue weighted by Gasteiger charge is -2.28. The van der Waals surface area contributed by atoms with Gasteiger partial charge in [-0.3, -0.25) is 28.8 Å². The summed E-state index contributed by atoms with van der Waals surface area (Å²) in [5.74, 6) is -14.5. The third-order valence-electron chi connectivity index (χ3n) is 16.4. The van der Waals surface area contributed by atoms with Crippen molar-refractivity contribution in [2.45, 2.75) is 157 Å². The van der Waals surface area contributed by atoms with Gasteiger partial charge in [0.2, 0.25) is 11.8 Å². The second-order valence-corrected chi connectivity index (χ2v) is 26.2. The largest absolute Gasteiger partial charge is 0.481 e. The van der Waals surface area contributed by atoms with Gasteiger partial charge >= 0.3 is 36.6 Å². The van der Waals surface area contributed by atoms with Gasteiger partial charge in [-0.15, -0.1) is 0 Å². The molecule has 3 N–H and O–H groups in total. The van der Waals surface area contributed by atoms with E-state index >= 15 is 17.6 Å². The number of esters is 1. The maximum absolute atomic E-state index is 16.7. The molecule has 560 valence electrons. The van der Waals surface area contributed by atoms with Gasteiger partial charge in [-0.05, 0) is 176 Å². The molecule has 6 rings (SSSR count). The van der Waals surface area contributed by atoms with E-state index in [1.807, 2.05) is 0 Å². The highest BCUT2D eigenvalue weighted by Crippen LogP contribution is 2.45. The Bertz CT molecular complexity index is 4150. The second-order valence-electron chi connectivity index (χ2n) is 26.2. The van der Waals surface area contributed by atoms with Crippen LogP contribution in [0, 0.1) is 75.5 Å². The van der Waals surface area contributed by atoms with Crippen LogP contribution < -0.4 is 21.8 Å². The molecule has 2 heterocycles. The number of likely N-dealkylation sites (N-methyl/N-ethyl adjacent to an activating group) is 2. The van der Waals surface area contributed by atoms with E-state index in [4.69, 9.17) is 4.74 Å². The minimum absolute atomic E-state index is 0.0327. The van der Waals surface area contributed by atoms with E-state index < -0.39 is 176 Å². The number of pyridine rings is 2. The predicted octanol–water partition coefficient (Wildman–Crippen LogP) is 15.9. The van der Waals surface area contributed by atoms with Crippen molar-refractivity contribution in [2.24, 2.45) is 11.8 Å². The summed E-state index contributed by atoms with van der Waals surface area (Å²) in [6.07, 6.45) is -22.1. The number of carbonyl (C=O) groups is 4. The number of carboxylic acid groups (broad SMARTS) is 1. The van der Waals surface area contributed by atoms with Crippen LogP contribution in [0.5, 0.6) is 0 Å². The summed E-state index contributed by atoms with van der Waals surface area (Å²) >= 11 is 0. The van der Waals surface area contributed by atoms with Crippen molar-refractivity contribution in [1.29, 1.82) is 0 Å². The molecular formula is C71H79F17N6O8. The van der Waals surface area contributed by atoms with Crippen molar-refractivity contribution >= 4 is 23.8 Å². The number of hydrogen-bond acceptors (Lipinski definition) is 9. The highest BCUT2D eigenvalue weighted by molar-refractivity contribution is 5.84. The minimum Gasteiger partial charge on any atom is -0.481 e. The van der Waals surface area contributed by atoms with Crippen LogP contribution >= 0.6 is 0 Å². The van der Waals surface area contributed by atoms with Gasteiger partial charge in [0.05, 0.1) is 53.8 Å². The summed E-state index contributed by atoms with van der Waals surface area (Å²) in [7, 11) is 6.44. The summed E-state index contributed by atoms with van der Waals surface area (Å²) in [4.78, 5) is 82.2. The number of benzene rings is 4. The Hall–Kier alpha value is -8.61. The second kappa shape index (κ2) is 33.7. The zero-order valence-corrected chi connectivity index (χ0v) is 58.1. The van der Waals surface area contributed by atoms with E-state index in [2.05, 4.69) is 10.6 Å². The van der Waals surface area contributed by atoms with Crippen LogP contribution in [-0.2, 0) is 61.5 Å². The SMILES string of the molecule is CCOC(=O)C[C@H](NC(=O)C(CC(C)C)n1cc(CCN(C)C)c(C(F)(F)F)cc1=O)c1c(F)c(-c2c(C)cc(C)cc2C)cc(C(F)(F)F)c1F.Cc1cc(F)cc(C)c1-c1cc(C(F)(F)F)c(F)c([C@H](CC(=O)O)NC(=O)C(CC(C)C)n2cc(CCN(C)C)c(C(F)(F)F)cc2=O)c1F. The number of ether oxygens (including phenoxy) is 1. The number of carbonyl (C=O) groups excluding carboxylic acids is 3. The Balaban J connectivity index is 0.000000367. The Kier molecular flexibility index (Phi) is 27.7. The topological polar surface area (TPSA) is 172 Å². The number of aliphatic carboxylic acids is 1. The van der Waals surface area contributed by atoms with E-state index in [0.717, 1.165) is 34.7 Å². The molecule has 0 aliphatic rings. The molecule has 0 saturated heterocycles. The lowest BCUT2D eigenvalue weighted by molar-refractivity contribution is -0.144. The number of halogens is 17. The molecule has 0 spiro atoms. The first-order valence-electron chi connectivity index (χ1n) is 31.9. The first-order valence-corrected chi connectivity index (χ1v) is 31.9. The number of aryl methyl sites for hydroxylation is 5. The number of amides is 2. The van der Waals surface area contributed by atoms with Crippen LogP contribution in [0.1, 0.15) is 157 Å².